The summed E-state index contributed by atoms with van der Waals surface area (Å²) in [5.41, 5.74) is -0.842. The van der Waals surface area contributed by atoms with Crippen LogP contribution in [0.2, 0.25) is 0 Å². The summed E-state index contributed by atoms with van der Waals surface area (Å²) in [4.78, 5) is 9.14. The number of hydrogen-bond acceptors (Lipinski definition) is 4. The van der Waals surface area contributed by atoms with E-state index in [0.717, 1.165) is 18.2 Å². The molecule has 1 aromatic rings. The second-order valence-electron chi connectivity index (χ2n) is 2.92. The second kappa shape index (κ2) is 4.54. The number of nitrogens with zero attached hydrogens (tertiary/aromatic N) is 1. The highest BCUT2D eigenvalue weighted by molar-refractivity contribution is 7.85. The molecular formula is C8H8FNO5S. The van der Waals surface area contributed by atoms with Crippen molar-refractivity contribution in [1.29, 1.82) is 0 Å². The van der Waals surface area contributed by atoms with Gasteiger partial charge in [-0.1, -0.05) is 6.07 Å². The zero-order valence-corrected chi connectivity index (χ0v) is 8.78. The number of hydrogen-bond donors (Lipinski definition) is 1. The maximum absolute atomic E-state index is 12.2. The van der Waals surface area contributed by atoms with Crippen LogP contribution in [0.4, 0.5) is 10.1 Å². The Bertz CT molecular complexity index is 513. The quantitative estimate of drug-likeness (QED) is 0.493. The lowest BCUT2D eigenvalue weighted by atomic mass is 10.1. The second-order valence-corrected chi connectivity index (χ2v) is 4.31. The van der Waals surface area contributed by atoms with Crippen LogP contribution < -0.4 is 0 Å². The van der Waals surface area contributed by atoms with Crippen molar-refractivity contribution in [2.24, 2.45) is 0 Å². The van der Waals surface area contributed by atoms with Crippen molar-refractivity contribution in [2.45, 2.75) is 11.3 Å². The van der Waals surface area contributed by atoms with Crippen LogP contribution >= 0.6 is 0 Å². The number of halogens is 1. The molecule has 0 amide bonds. The van der Waals surface area contributed by atoms with Crippen LogP contribution in [0.5, 0.6) is 0 Å². The molecule has 0 radical (unpaired) electrons. The van der Waals surface area contributed by atoms with Crippen molar-refractivity contribution < 1.29 is 22.3 Å². The van der Waals surface area contributed by atoms with Crippen LogP contribution in [0, 0.1) is 10.1 Å². The van der Waals surface area contributed by atoms with Crippen LogP contribution in [0.15, 0.2) is 23.1 Å². The normalized spacial score (nSPS) is 11.4. The summed E-state index contributed by atoms with van der Waals surface area (Å²) in [5, 5.41) is 10.6. The molecule has 88 valence electrons. The van der Waals surface area contributed by atoms with E-state index in [1.165, 1.54) is 0 Å². The lowest BCUT2D eigenvalue weighted by Gasteiger charge is -2.05. The summed E-state index contributed by atoms with van der Waals surface area (Å²) < 4.78 is 42.8. The van der Waals surface area contributed by atoms with E-state index < -0.39 is 38.7 Å². The van der Waals surface area contributed by atoms with Gasteiger partial charge in [0.2, 0.25) is 0 Å². The van der Waals surface area contributed by atoms with E-state index >= 15 is 0 Å². The molecule has 1 N–H and O–H groups in total. The highest BCUT2D eigenvalue weighted by Crippen LogP contribution is 2.26. The first-order chi connectivity index (χ1) is 7.38. The fourth-order valence-corrected chi connectivity index (χ4v) is 2.08. The summed E-state index contributed by atoms with van der Waals surface area (Å²) in [6.45, 7) is -0.951. The SMILES string of the molecule is O=[N+]([O-])c1cccc(S(=O)(=O)O)c1CCF. The Morgan fingerprint density at radius 2 is 2.06 bits per heavy atom. The van der Waals surface area contributed by atoms with Crippen LogP contribution in [-0.2, 0) is 16.5 Å². The van der Waals surface area contributed by atoms with E-state index in [0.29, 0.717) is 0 Å². The Kier molecular flexibility index (Phi) is 3.55. The number of nitro groups is 1. The molecule has 0 heterocycles. The molecule has 0 fully saturated rings. The molecule has 1 rings (SSSR count). The molecular weight excluding hydrogens is 241 g/mol. The van der Waals surface area contributed by atoms with Gasteiger partial charge >= 0.3 is 0 Å². The zero-order valence-electron chi connectivity index (χ0n) is 7.96. The maximum Gasteiger partial charge on any atom is 0.295 e. The van der Waals surface area contributed by atoms with Gasteiger partial charge < -0.3 is 0 Å². The fraction of sp³-hybridized carbons (Fsp3) is 0.250. The summed E-state index contributed by atoms with van der Waals surface area (Å²) in [6.07, 6.45) is -0.438. The summed E-state index contributed by atoms with van der Waals surface area (Å²) in [5.74, 6) is 0. The number of alkyl halides is 1. The monoisotopic (exact) mass is 249 g/mol. The Morgan fingerprint density at radius 3 is 2.50 bits per heavy atom. The Hall–Kier alpha value is -1.54. The van der Waals surface area contributed by atoms with Gasteiger partial charge in [-0.25, -0.2) is 0 Å². The summed E-state index contributed by atoms with van der Waals surface area (Å²) >= 11 is 0. The Balaban J connectivity index is 3.51. The first kappa shape index (κ1) is 12.5. The molecule has 0 aliphatic heterocycles. The molecule has 0 atom stereocenters. The van der Waals surface area contributed by atoms with E-state index in [9.17, 15) is 22.9 Å². The number of nitro benzene ring substituents is 1. The minimum Gasteiger partial charge on any atom is -0.282 e. The van der Waals surface area contributed by atoms with Crippen LogP contribution in [0.3, 0.4) is 0 Å². The Morgan fingerprint density at radius 1 is 1.44 bits per heavy atom. The maximum atomic E-state index is 12.2. The highest BCUT2D eigenvalue weighted by atomic mass is 32.2. The van der Waals surface area contributed by atoms with Gasteiger partial charge in [0.15, 0.2) is 0 Å². The molecule has 0 saturated carbocycles. The van der Waals surface area contributed by atoms with Crippen molar-refractivity contribution in [2.75, 3.05) is 6.67 Å². The summed E-state index contributed by atoms with van der Waals surface area (Å²) in [6, 6.07) is 3.16. The van der Waals surface area contributed by atoms with E-state index in [2.05, 4.69) is 0 Å². The molecule has 0 unspecified atom stereocenters. The van der Waals surface area contributed by atoms with Gasteiger partial charge in [-0.3, -0.25) is 19.1 Å². The third kappa shape index (κ3) is 2.52. The number of rotatable bonds is 4. The molecule has 0 saturated heterocycles. The van der Waals surface area contributed by atoms with Crippen LogP contribution in [-0.4, -0.2) is 24.6 Å². The van der Waals surface area contributed by atoms with Crippen molar-refractivity contribution in [3.05, 3.63) is 33.9 Å². The topological polar surface area (TPSA) is 97.5 Å². The largest absolute Gasteiger partial charge is 0.295 e. The molecule has 8 heteroatoms. The molecule has 0 bridgehead atoms. The van der Waals surface area contributed by atoms with E-state index in [-0.39, 0.29) is 5.56 Å². The van der Waals surface area contributed by atoms with Gasteiger partial charge in [-0.15, -0.1) is 0 Å². The van der Waals surface area contributed by atoms with Crippen LogP contribution in [0.1, 0.15) is 5.56 Å². The lowest BCUT2D eigenvalue weighted by molar-refractivity contribution is -0.385. The van der Waals surface area contributed by atoms with Crippen molar-refractivity contribution in [3.63, 3.8) is 0 Å². The van der Waals surface area contributed by atoms with Gasteiger partial charge in [-0.05, 0) is 6.07 Å². The number of benzene rings is 1. The van der Waals surface area contributed by atoms with Gasteiger partial charge in [0, 0.05) is 12.5 Å². The smallest absolute Gasteiger partial charge is 0.282 e. The zero-order chi connectivity index (χ0) is 12.3. The molecule has 16 heavy (non-hydrogen) atoms. The van der Waals surface area contributed by atoms with Gasteiger partial charge in [0.1, 0.15) is 4.90 Å². The average Bonchev–Trinajstić information content (AvgIpc) is 2.16. The predicted octanol–water partition coefficient (Wildman–Crippen LogP) is 1.35. The van der Waals surface area contributed by atoms with Crippen molar-refractivity contribution in [1.82, 2.24) is 0 Å². The molecule has 1 aromatic carbocycles. The van der Waals surface area contributed by atoms with E-state index in [1.807, 2.05) is 0 Å². The van der Waals surface area contributed by atoms with Crippen LogP contribution in [0.25, 0.3) is 0 Å². The third-order valence-corrected chi connectivity index (χ3v) is 2.87. The predicted molar refractivity (Wildman–Crippen MR) is 52.6 cm³/mol. The van der Waals surface area contributed by atoms with E-state index in [1.54, 1.807) is 0 Å². The van der Waals surface area contributed by atoms with Gasteiger partial charge in [0.05, 0.1) is 17.2 Å². The fourth-order valence-electron chi connectivity index (χ4n) is 1.31. The molecule has 0 aromatic heterocycles. The van der Waals surface area contributed by atoms with Crippen molar-refractivity contribution >= 4 is 15.8 Å². The third-order valence-electron chi connectivity index (χ3n) is 1.93. The summed E-state index contributed by atoms with van der Waals surface area (Å²) in [7, 11) is -4.58. The van der Waals surface area contributed by atoms with Crippen molar-refractivity contribution in [3.8, 4) is 0 Å². The standard InChI is InChI=1S/C8H8FNO5S/c9-5-4-6-7(10(11)12)2-1-3-8(6)16(13,14)15/h1-3H,4-5H2,(H,13,14,15). The lowest BCUT2D eigenvalue weighted by Crippen LogP contribution is -2.07. The van der Waals surface area contributed by atoms with Gasteiger partial charge in [0.25, 0.3) is 15.8 Å². The average molecular weight is 249 g/mol. The molecule has 0 aliphatic carbocycles. The van der Waals surface area contributed by atoms with E-state index in [4.69, 9.17) is 4.55 Å². The molecule has 0 aliphatic rings. The first-order valence-electron chi connectivity index (χ1n) is 4.17. The molecule has 0 spiro atoms. The van der Waals surface area contributed by atoms with Gasteiger partial charge in [-0.2, -0.15) is 8.42 Å². The minimum atomic E-state index is -4.58. The molecule has 6 nitrogen and oxygen atoms in total. The minimum absolute atomic E-state index is 0.322. The highest BCUT2D eigenvalue weighted by Gasteiger charge is 2.23. The Labute approximate surface area is 90.6 Å². The first-order valence-corrected chi connectivity index (χ1v) is 5.61.